The maximum Gasteiger partial charge on any atom is 0.131 e. The lowest BCUT2D eigenvalue weighted by atomic mass is 9.97. The first kappa shape index (κ1) is 12.0. The van der Waals surface area contributed by atoms with Gasteiger partial charge in [-0.2, -0.15) is 0 Å². The molecule has 0 radical (unpaired) electrons. The third kappa shape index (κ3) is 2.15. The summed E-state index contributed by atoms with van der Waals surface area (Å²) in [4.78, 5) is 0. The van der Waals surface area contributed by atoms with E-state index >= 15 is 0 Å². The van der Waals surface area contributed by atoms with Crippen LogP contribution in [0.25, 0.3) is 10.8 Å². The van der Waals surface area contributed by atoms with E-state index in [1.165, 1.54) is 12.1 Å². The van der Waals surface area contributed by atoms with Crippen molar-refractivity contribution in [3.05, 3.63) is 47.8 Å². The largest absolute Gasteiger partial charge is 0.389 e. The fourth-order valence-electron chi connectivity index (χ4n) is 1.88. The van der Waals surface area contributed by atoms with Gasteiger partial charge in [0.15, 0.2) is 0 Å². The Kier molecular flexibility index (Phi) is 3.38. The summed E-state index contributed by atoms with van der Waals surface area (Å²) < 4.78 is 13.5. The molecule has 0 heterocycles. The topological polar surface area (TPSA) is 66.5 Å². The Balaban J connectivity index is 2.59. The van der Waals surface area contributed by atoms with Crippen LogP contribution in [-0.2, 0) is 0 Å². The van der Waals surface area contributed by atoms with Crippen LogP contribution in [0.4, 0.5) is 4.39 Å². The highest BCUT2D eigenvalue weighted by molar-refractivity contribution is 5.86. The van der Waals surface area contributed by atoms with Crippen molar-refractivity contribution in [1.82, 2.24) is 0 Å². The van der Waals surface area contributed by atoms with Gasteiger partial charge in [0.2, 0.25) is 0 Å². The van der Waals surface area contributed by atoms with Crippen molar-refractivity contribution >= 4 is 10.8 Å². The molecule has 0 spiro atoms. The molecule has 0 amide bonds. The van der Waals surface area contributed by atoms with Gasteiger partial charge >= 0.3 is 0 Å². The molecule has 0 saturated carbocycles. The van der Waals surface area contributed by atoms with Gasteiger partial charge in [-0.1, -0.05) is 30.3 Å². The van der Waals surface area contributed by atoms with E-state index in [0.29, 0.717) is 16.3 Å². The first-order valence-electron chi connectivity index (χ1n) is 5.38. The Morgan fingerprint density at radius 1 is 1.06 bits per heavy atom. The number of hydrogen-bond donors (Lipinski definition) is 3. The van der Waals surface area contributed by atoms with Gasteiger partial charge in [-0.25, -0.2) is 4.39 Å². The highest BCUT2D eigenvalue weighted by Crippen LogP contribution is 2.27. The Bertz CT molecular complexity index is 530. The quantitative estimate of drug-likeness (QED) is 0.752. The molecule has 3 nitrogen and oxygen atoms in total. The van der Waals surface area contributed by atoms with Gasteiger partial charge in [-0.3, -0.25) is 0 Å². The smallest absolute Gasteiger partial charge is 0.131 e. The lowest BCUT2D eigenvalue weighted by Gasteiger charge is -2.18. The molecule has 90 valence electrons. The Morgan fingerprint density at radius 2 is 1.71 bits per heavy atom. The van der Waals surface area contributed by atoms with Crippen molar-refractivity contribution in [1.29, 1.82) is 0 Å². The monoisotopic (exact) mass is 235 g/mol. The Labute approximate surface area is 98.3 Å². The average molecular weight is 235 g/mol. The molecular formula is C13H14FNO2. The maximum absolute atomic E-state index is 13.5. The third-order valence-corrected chi connectivity index (χ3v) is 2.83. The fraction of sp³-hybridized carbons (Fsp3) is 0.231. The standard InChI is InChI=1S/C13H14FNO2/c14-11-6-5-10(13(17)12(16)7-15)8-3-1-2-4-9(8)11/h1-6,12-13,16-17H,7,15H2. The van der Waals surface area contributed by atoms with Crippen LogP contribution in [0, 0.1) is 5.82 Å². The number of fused-ring (bicyclic) bond motifs is 1. The molecule has 4 heteroatoms. The van der Waals surface area contributed by atoms with Crippen LogP contribution >= 0.6 is 0 Å². The van der Waals surface area contributed by atoms with Crippen LogP contribution < -0.4 is 5.73 Å². The number of hydrogen-bond acceptors (Lipinski definition) is 3. The van der Waals surface area contributed by atoms with Gasteiger partial charge in [0, 0.05) is 11.9 Å². The number of halogens is 1. The van der Waals surface area contributed by atoms with Crippen molar-refractivity contribution < 1.29 is 14.6 Å². The van der Waals surface area contributed by atoms with Gasteiger partial charge in [0.25, 0.3) is 0 Å². The first-order valence-corrected chi connectivity index (χ1v) is 5.38. The summed E-state index contributed by atoms with van der Waals surface area (Å²) >= 11 is 0. The highest BCUT2D eigenvalue weighted by atomic mass is 19.1. The zero-order chi connectivity index (χ0) is 12.4. The lowest BCUT2D eigenvalue weighted by Crippen LogP contribution is -2.27. The van der Waals surface area contributed by atoms with Gasteiger partial charge in [0.05, 0.1) is 6.10 Å². The van der Waals surface area contributed by atoms with Gasteiger partial charge in [-0.15, -0.1) is 0 Å². The molecule has 17 heavy (non-hydrogen) atoms. The number of nitrogens with two attached hydrogens (primary N) is 1. The minimum absolute atomic E-state index is 0.0487. The summed E-state index contributed by atoms with van der Waals surface area (Å²) in [5.74, 6) is -0.348. The SMILES string of the molecule is NCC(O)C(O)c1ccc(F)c2ccccc12. The highest BCUT2D eigenvalue weighted by Gasteiger charge is 2.19. The molecule has 0 aliphatic rings. The summed E-state index contributed by atoms with van der Waals surface area (Å²) in [5.41, 5.74) is 5.79. The van der Waals surface area contributed by atoms with Crippen molar-refractivity contribution in [2.45, 2.75) is 12.2 Å². The van der Waals surface area contributed by atoms with E-state index in [2.05, 4.69) is 0 Å². The van der Waals surface area contributed by atoms with E-state index in [1.54, 1.807) is 24.3 Å². The number of rotatable bonds is 3. The van der Waals surface area contributed by atoms with Crippen LogP contribution in [0.3, 0.4) is 0 Å². The van der Waals surface area contributed by atoms with Gasteiger partial charge < -0.3 is 15.9 Å². The van der Waals surface area contributed by atoms with E-state index in [9.17, 15) is 14.6 Å². The van der Waals surface area contributed by atoms with Crippen molar-refractivity contribution in [3.63, 3.8) is 0 Å². The predicted octanol–water partition coefficient (Wildman–Crippen LogP) is 1.33. The second-order valence-corrected chi connectivity index (χ2v) is 3.93. The van der Waals surface area contributed by atoms with Crippen LogP contribution in [0.5, 0.6) is 0 Å². The summed E-state index contributed by atoms with van der Waals surface area (Å²) in [6.45, 7) is -0.0487. The molecule has 4 N–H and O–H groups in total. The van der Waals surface area contributed by atoms with Gasteiger partial charge in [0.1, 0.15) is 11.9 Å². The van der Waals surface area contributed by atoms with Crippen LogP contribution in [0.2, 0.25) is 0 Å². The second kappa shape index (κ2) is 4.79. The Hall–Kier alpha value is -1.49. The molecule has 0 aliphatic carbocycles. The summed E-state index contributed by atoms with van der Waals surface area (Å²) in [5, 5.41) is 20.5. The molecule has 0 aliphatic heterocycles. The summed E-state index contributed by atoms with van der Waals surface area (Å²) in [7, 11) is 0. The zero-order valence-corrected chi connectivity index (χ0v) is 9.18. The van der Waals surface area contributed by atoms with E-state index in [4.69, 9.17) is 5.73 Å². The minimum atomic E-state index is -1.11. The molecule has 2 atom stereocenters. The molecule has 0 fully saturated rings. The number of aliphatic hydroxyl groups is 2. The predicted molar refractivity (Wildman–Crippen MR) is 63.9 cm³/mol. The van der Waals surface area contributed by atoms with Gasteiger partial charge in [-0.05, 0) is 17.0 Å². The molecule has 0 aromatic heterocycles. The molecule has 2 unspecified atom stereocenters. The summed E-state index contributed by atoms with van der Waals surface area (Å²) in [6, 6.07) is 9.58. The van der Waals surface area contributed by atoms with Crippen molar-refractivity contribution in [3.8, 4) is 0 Å². The molecule has 2 rings (SSSR count). The fourth-order valence-corrected chi connectivity index (χ4v) is 1.88. The van der Waals surface area contributed by atoms with E-state index in [0.717, 1.165) is 0 Å². The number of aliphatic hydroxyl groups excluding tert-OH is 2. The lowest BCUT2D eigenvalue weighted by molar-refractivity contribution is 0.0252. The zero-order valence-electron chi connectivity index (χ0n) is 9.18. The Morgan fingerprint density at radius 3 is 2.35 bits per heavy atom. The second-order valence-electron chi connectivity index (χ2n) is 3.93. The maximum atomic E-state index is 13.5. The van der Waals surface area contributed by atoms with Crippen molar-refractivity contribution in [2.24, 2.45) is 5.73 Å². The minimum Gasteiger partial charge on any atom is -0.389 e. The molecule has 2 aromatic rings. The molecule has 0 saturated heterocycles. The number of benzene rings is 2. The van der Waals surface area contributed by atoms with E-state index in [1.807, 2.05) is 0 Å². The van der Waals surface area contributed by atoms with Crippen LogP contribution in [-0.4, -0.2) is 22.9 Å². The average Bonchev–Trinajstić information content (AvgIpc) is 2.38. The first-order chi connectivity index (χ1) is 8.15. The van der Waals surface area contributed by atoms with Crippen LogP contribution in [0.1, 0.15) is 11.7 Å². The van der Waals surface area contributed by atoms with E-state index in [-0.39, 0.29) is 12.4 Å². The third-order valence-electron chi connectivity index (χ3n) is 2.83. The molecule has 2 aromatic carbocycles. The normalized spacial score (nSPS) is 14.8. The molecular weight excluding hydrogens is 221 g/mol. The summed E-state index contributed by atoms with van der Waals surface area (Å²) in [6.07, 6.45) is -2.16. The molecule has 0 bridgehead atoms. The van der Waals surface area contributed by atoms with E-state index < -0.39 is 12.2 Å². The van der Waals surface area contributed by atoms with Crippen molar-refractivity contribution in [2.75, 3.05) is 6.54 Å². The van der Waals surface area contributed by atoms with Crippen LogP contribution in [0.15, 0.2) is 36.4 Å².